The number of hydrogen-bond donors (Lipinski definition) is 1. The fourth-order valence-corrected chi connectivity index (χ4v) is 3.63. The molecule has 1 aliphatic heterocycles. The van der Waals surface area contributed by atoms with Crippen molar-refractivity contribution in [3.63, 3.8) is 0 Å². The van der Waals surface area contributed by atoms with Crippen molar-refractivity contribution in [3.05, 3.63) is 60.4 Å². The fourth-order valence-electron chi connectivity index (χ4n) is 3.63. The molecule has 2 aliphatic rings. The molecule has 0 spiro atoms. The molecule has 3 aromatic rings. The number of fused-ring (bicyclic) bond motifs is 1. The summed E-state index contributed by atoms with van der Waals surface area (Å²) in [5.74, 6) is 0.0435. The molecule has 5 rings (SSSR count). The van der Waals surface area contributed by atoms with Crippen molar-refractivity contribution in [1.29, 1.82) is 0 Å². The molecule has 6 nitrogen and oxygen atoms in total. The third-order valence-corrected chi connectivity index (χ3v) is 5.08. The number of imide groups is 1. The van der Waals surface area contributed by atoms with Gasteiger partial charge in [0.25, 0.3) is 0 Å². The number of benzene rings is 1. The predicted molar refractivity (Wildman–Crippen MR) is 96.4 cm³/mol. The summed E-state index contributed by atoms with van der Waals surface area (Å²) in [6.45, 7) is 0.107. The van der Waals surface area contributed by atoms with Gasteiger partial charge in [0.05, 0.1) is 17.8 Å². The average molecular weight is 344 g/mol. The van der Waals surface area contributed by atoms with Gasteiger partial charge in [-0.05, 0) is 36.2 Å². The van der Waals surface area contributed by atoms with Crippen molar-refractivity contribution in [2.24, 2.45) is 0 Å². The number of carbonyl (C=O) groups is 2. The molecule has 1 aliphatic carbocycles. The summed E-state index contributed by atoms with van der Waals surface area (Å²) in [6, 6.07) is 13.8. The van der Waals surface area contributed by atoms with Gasteiger partial charge < -0.3 is 5.32 Å². The summed E-state index contributed by atoms with van der Waals surface area (Å²) in [7, 11) is 0. The molecule has 3 heterocycles. The van der Waals surface area contributed by atoms with Crippen LogP contribution in [0.25, 0.3) is 22.2 Å². The second-order valence-corrected chi connectivity index (χ2v) is 6.72. The van der Waals surface area contributed by atoms with Crippen LogP contribution in [0.4, 0.5) is 4.79 Å². The van der Waals surface area contributed by atoms with E-state index in [1.165, 1.54) is 4.90 Å². The van der Waals surface area contributed by atoms with E-state index >= 15 is 0 Å². The second-order valence-electron chi connectivity index (χ2n) is 6.72. The van der Waals surface area contributed by atoms with Crippen LogP contribution in [0.1, 0.15) is 17.9 Å². The number of pyridine rings is 2. The van der Waals surface area contributed by atoms with Crippen LogP contribution in [-0.2, 0) is 4.79 Å². The number of hydrogen-bond acceptors (Lipinski definition) is 4. The number of aromatic nitrogens is 2. The van der Waals surface area contributed by atoms with Crippen molar-refractivity contribution in [3.8, 4) is 11.3 Å². The molecule has 6 heteroatoms. The molecule has 2 fully saturated rings. The van der Waals surface area contributed by atoms with Crippen LogP contribution in [0.2, 0.25) is 0 Å². The van der Waals surface area contributed by atoms with Gasteiger partial charge in [-0.2, -0.15) is 0 Å². The van der Waals surface area contributed by atoms with Crippen LogP contribution in [0.3, 0.4) is 0 Å². The van der Waals surface area contributed by atoms with Gasteiger partial charge in [-0.1, -0.05) is 18.2 Å². The Morgan fingerprint density at radius 3 is 2.77 bits per heavy atom. The van der Waals surface area contributed by atoms with Gasteiger partial charge in [-0.3, -0.25) is 19.7 Å². The van der Waals surface area contributed by atoms with Gasteiger partial charge >= 0.3 is 6.03 Å². The Hall–Kier alpha value is -3.28. The lowest BCUT2D eigenvalue weighted by Gasteiger charge is -2.12. The normalized spacial score (nSPS) is 21.9. The van der Waals surface area contributed by atoms with E-state index in [9.17, 15) is 9.59 Å². The minimum absolute atomic E-state index is 0.0376. The van der Waals surface area contributed by atoms with Gasteiger partial charge in [-0.25, -0.2) is 4.79 Å². The van der Waals surface area contributed by atoms with Crippen LogP contribution in [0, 0.1) is 0 Å². The Bertz CT molecular complexity index is 1020. The molecule has 2 aromatic heterocycles. The largest absolute Gasteiger partial charge is 0.329 e. The summed E-state index contributed by atoms with van der Waals surface area (Å²) in [5.41, 5.74) is 3.96. The zero-order valence-electron chi connectivity index (χ0n) is 13.9. The van der Waals surface area contributed by atoms with E-state index in [2.05, 4.69) is 21.4 Å². The molecule has 128 valence electrons. The van der Waals surface area contributed by atoms with Crippen LogP contribution in [0.5, 0.6) is 0 Å². The zero-order chi connectivity index (χ0) is 17.7. The lowest BCUT2D eigenvalue weighted by Crippen LogP contribution is -2.33. The number of carbonyl (C=O) groups excluding carboxylic acids is 2. The maximum atomic E-state index is 11.8. The van der Waals surface area contributed by atoms with Gasteiger partial charge in [0.2, 0.25) is 5.91 Å². The fraction of sp³-hybridized carbons (Fsp3) is 0.200. The number of amides is 3. The van der Waals surface area contributed by atoms with E-state index < -0.39 is 0 Å². The first-order valence-corrected chi connectivity index (χ1v) is 8.62. The predicted octanol–water partition coefficient (Wildman–Crippen LogP) is 2.70. The summed E-state index contributed by atoms with van der Waals surface area (Å²) in [4.78, 5) is 33.9. The van der Waals surface area contributed by atoms with Crippen LogP contribution >= 0.6 is 0 Å². The van der Waals surface area contributed by atoms with Gasteiger partial charge in [0, 0.05) is 35.3 Å². The van der Waals surface area contributed by atoms with Gasteiger partial charge in [0.1, 0.15) is 0 Å². The molecule has 0 bridgehead atoms. The highest BCUT2D eigenvalue weighted by atomic mass is 16.2. The molecule has 1 N–H and O–H groups in total. The van der Waals surface area contributed by atoms with Gasteiger partial charge in [-0.15, -0.1) is 0 Å². The van der Waals surface area contributed by atoms with E-state index in [-0.39, 0.29) is 30.4 Å². The van der Waals surface area contributed by atoms with E-state index in [1.807, 2.05) is 42.6 Å². The molecular weight excluding hydrogens is 328 g/mol. The SMILES string of the molecule is O=C1CNC(=O)N1[C@@H]1C[C@H]1c1ccc(-c2ccc3ncccc3c2)nc1. The Morgan fingerprint density at radius 2 is 2.00 bits per heavy atom. The van der Waals surface area contributed by atoms with E-state index in [0.717, 1.165) is 34.1 Å². The highest BCUT2D eigenvalue weighted by Crippen LogP contribution is 2.45. The van der Waals surface area contributed by atoms with Crippen molar-refractivity contribution < 1.29 is 9.59 Å². The molecule has 1 aromatic carbocycles. The smallest absolute Gasteiger partial charge is 0.324 e. The van der Waals surface area contributed by atoms with Gasteiger partial charge in [0.15, 0.2) is 0 Å². The maximum Gasteiger partial charge on any atom is 0.324 e. The number of urea groups is 1. The molecule has 1 saturated heterocycles. The summed E-state index contributed by atoms with van der Waals surface area (Å²) in [5, 5.41) is 3.65. The molecule has 2 atom stereocenters. The third-order valence-electron chi connectivity index (χ3n) is 5.08. The van der Waals surface area contributed by atoms with Crippen molar-refractivity contribution in [2.75, 3.05) is 6.54 Å². The molecule has 26 heavy (non-hydrogen) atoms. The first-order valence-electron chi connectivity index (χ1n) is 8.62. The average Bonchev–Trinajstić information content (AvgIpc) is 3.39. The van der Waals surface area contributed by atoms with Crippen LogP contribution in [0.15, 0.2) is 54.9 Å². The summed E-state index contributed by atoms with van der Waals surface area (Å²) in [6.07, 6.45) is 4.44. The minimum Gasteiger partial charge on any atom is -0.329 e. The molecule has 1 saturated carbocycles. The van der Waals surface area contributed by atoms with Crippen molar-refractivity contribution in [1.82, 2.24) is 20.2 Å². The van der Waals surface area contributed by atoms with E-state index in [0.29, 0.717) is 0 Å². The maximum absolute atomic E-state index is 11.8. The Kier molecular flexibility index (Phi) is 3.25. The molecule has 3 amide bonds. The quantitative estimate of drug-likeness (QED) is 0.741. The first kappa shape index (κ1) is 15.0. The third kappa shape index (κ3) is 2.42. The first-order chi connectivity index (χ1) is 12.7. The topological polar surface area (TPSA) is 75.2 Å². The second kappa shape index (κ2) is 5.62. The van der Waals surface area contributed by atoms with Crippen molar-refractivity contribution in [2.45, 2.75) is 18.4 Å². The number of nitrogens with zero attached hydrogens (tertiary/aromatic N) is 3. The number of nitrogens with one attached hydrogen (secondary N) is 1. The minimum atomic E-state index is -0.281. The summed E-state index contributed by atoms with van der Waals surface area (Å²) >= 11 is 0. The lowest BCUT2D eigenvalue weighted by molar-refractivity contribution is -0.125. The Morgan fingerprint density at radius 1 is 1.08 bits per heavy atom. The number of rotatable bonds is 3. The standard InChI is InChI=1S/C20H16N4O2/c25-19-11-23-20(26)24(19)18-9-15(18)14-4-6-17(22-10-14)13-3-5-16-12(8-13)2-1-7-21-16/h1-8,10,15,18H,9,11H2,(H,23,26)/t15-,18+/m0/s1. The highest BCUT2D eigenvalue weighted by Gasteiger charge is 2.49. The Balaban J connectivity index is 1.37. The van der Waals surface area contributed by atoms with E-state index in [1.54, 1.807) is 6.20 Å². The molecular formula is C20H16N4O2. The monoisotopic (exact) mass is 344 g/mol. The highest BCUT2D eigenvalue weighted by molar-refractivity contribution is 6.02. The zero-order valence-corrected chi connectivity index (χ0v) is 13.9. The summed E-state index contributed by atoms with van der Waals surface area (Å²) < 4.78 is 0. The van der Waals surface area contributed by atoms with Crippen LogP contribution in [-0.4, -0.2) is 39.4 Å². The molecule has 0 unspecified atom stereocenters. The molecule has 0 radical (unpaired) electrons. The Labute approximate surface area is 149 Å². The van der Waals surface area contributed by atoms with Crippen molar-refractivity contribution >= 4 is 22.8 Å². The lowest BCUT2D eigenvalue weighted by atomic mass is 10.1. The van der Waals surface area contributed by atoms with Crippen LogP contribution < -0.4 is 5.32 Å². The van der Waals surface area contributed by atoms with E-state index in [4.69, 9.17) is 0 Å².